The number of rotatable bonds is 8. The summed E-state index contributed by atoms with van der Waals surface area (Å²) in [7, 11) is 0. The van der Waals surface area contributed by atoms with Crippen molar-refractivity contribution < 1.29 is 23.4 Å². The lowest BCUT2D eigenvalue weighted by Gasteiger charge is -2.36. The van der Waals surface area contributed by atoms with Crippen LogP contribution in [0.2, 0.25) is 10.0 Å². The molecule has 3 heterocycles. The van der Waals surface area contributed by atoms with E-state index in [-0.39, 0.29) is 36.0 Å². The summed E-state index contributed by atoms with van der Waals surface area (Å²) < 4.78 is 30.6. The summed E-state index contributed by atoms with van der Waals surface area (Å²) in [6, 6.07) is 3.94. The Labute approximate surface area is 217 Å². The summed E-state index contributed by atoms with van der Waals surface area (Å²) in [5, 5.41) is 20.7. The Bertz CT molecular complexity index is 1080. The maximum Gasteiger partial charge on any atom is 0.387 e. The zero-order valence-corrected chi connectivity index (χ0v) is 21.1. The molecule has 1 aromatic carbocycles. The molecule has 9 nitrogen and oxygen atoms in total. The van der Waals surface area contributed by atoms with E-state index in [0.717, 1.165) is 19.4 Å². The van der Waals surface area contributed by atoms with E-state index in [1.54, 1.807) is 30.0 Å². The number of piperidine rings is 1. The number of hydrogen-bond acceptors (Lipinski definition) is 8. The van der Waals surface area contributed by atoms with Crippen LogP contribution in [0.1, 0.15) is 37.8 Å². The number of alkyl halides is 2. The van der Waals surface area contributed by atoms with Crippen molar-refractivity contribution >= 4 is 40.9 Å². The van der Waals surface area contributed by atoms with E-state index in [4.69, 9.17) is 23.2 Å². The van der Waals surface area contributed by atoms with Crippen molar-refractivity contribution in [2.75, 3.05) is 29.9 Å². The number of ether oxygens (including phenoxy) is 1. The molecule has 4 rings (SSSR count). The lowest BCUT2D eigenvalue weighted by molar-refractivity contribution is -0.124. The van der Waals surface area contributed by atoms with Gasteiger partial charge in [0.15, 0.2) is 11.6 Å². The first kappa shape index (κ1) is 26.6. The van der Waals surface area contributed by atoms with E-state index in [1.165, 1.54) is 6.20 Å². The highest BCUT2D eigenvalue weighted by atomic mass is 35.5. The highest BCUT2D eigenvalue weighted by Gasteiger charge is 2.33. The minimum Gasteiger partial charge on any atom is -0.429 e. The molecule has 1 amide bonds. The summed E-state index contributed by atoms with van der Waals surface area (Å²) in [6.07, 6.45) is 2.50. The van der Waals surface area contributed by atoms with Crippen LogP contribution in [0.4, 0.5) is 20.5 Å². The van der Waals surface area contributed by atoms with Crippen molar-refractivity contribution in [3.05, 3.63) is 40.0 Å². The van der Waals surface area contributed by atoms with Crippen molar-refractivity contribution in [3.8, 4) is 5.75 Å². The number of carbonyl (C=O) groups excluding carboxylic acids is 1. The number of hydrogen-bond donors (Lipinski definition) is 4. The van der Waals surface area contributed by atoms with Crippen LogP contribution in [-0.4, -0.2) is 65.4 Å². The molecule has 2 fully saturated rings. The fourth-order valence-electron chi connectivity index (χ4n) is 4.41. The minimum absolute atomic E-state index is 0.0519. The molecule has 0 unspecified atom stereocenters. The van der Waals surface area contributed by atoms with Crippen LogP contribution >= 0.6 is 23.2 Å². The molecule has 0 saturated carbocycles. The third-order valence-electron chi connectivity index (χ3n) is 6.31. The van der Waals surface area contributed by atoms with Crippen LogP contribution < -0.4 is 25.6 Å². The summed E-state index contributed by atoms with van der Waals surface area (Å²) >= 11 is 12.3. The molecule has 4 atom stereocenters. The maximum atomic E-state index is 13.0. The van der Waals surface area contributed by atoms with Gasteiger partial charge in [-0.15, -0.1) is 0 Å². The Morgan fingerprint density at radius 2 is 2.14 bits per heavy atom. The van der Waals surface area contributed by atoms with Gasteiger partial charge in [0, 0.05) is 23.1 Å². The molecule has 2 aromatic rings. The van der Waals surface area contributed by atoms with E-state index in [2.05, 4.69) is 30.7 Å². The van der Waals surface area contributed by atoms with Gasteiger partial charge >= 0.3 is 6.61 Å². The number of anilines is 2. The van der Waals surface area contributed by atoms with E-state index >= 15 is 0 Å². The van der Waals surface area contributed by atoms with Gasteiger partial charge in [-0.05, 0) is 50.4 Å². The highest BCUT2D eigenvalue weighted by molar-refractivity contribution is 6.35. The molecule has 2 aliphatic heterocycles. The van der Waals surface area contributed by atoms with Gasteiger partial charge in [-0.25, -0.2) is 4.98 Å². The molecule has 0 spiro atoms. The first-order valence-electron chi connectivity index (χ1n) is 11.7. The lowest BCUT2D eigenvalue weighted by atomic mass is 10.0. The fourth-order valence-corrected chi connectivity index (χ4v) is 4.98. The van der Waals surface area contributed by atoms with E-state index < -0.39 is 24.8 Å². The number of nitrogens with zero attached hydrogens (tertiary/aromatic N) is 3. The molecule has 0 radical (unpaired) electrons. The highest BCUT2D eigenvalue weighted by Crippen LogP contribution is 2.32. The van der Waals surface area contributed by atoms with Gasteiger partial charge in [-0.1, -0.05) is 29.3 Å². The second-order valence-corrected chi connectivity index (χ2v) is 9.70. The Balaban J connectivity index is 1.47. The van der Waals surface area contributed by atoms with Gasteiger partial charge in [0.2, 0.25) is 11.9 Å². The molecular formula is C23H28Cl2F2N6O3. The van der Waals surface area contributed by atoms with Crippen LogP contribution in [-0.2, 0) is 4.79 Å². The van der Waals surface area contributed by atoms with E-state index in [1.807, 2.05) is 0 Å². The number of aliphatic hydroxyl groups is 1. The third kappa shape index (κ3) is 6.44. The number of nitrogens with one attached hydrogen (secondary N) is 3. The number of aromatic nitrogens is 2. The first-order chi connectivity index (χ1) is 17.2. The number of aliphatic hydroxyl groups excluding tert-OH is 1. The topological polar surface area (TPSA) is 112 Å². The summed E-state index contributed by atoms with van der Waals surface area (Å²) in [6.45, 7) is 0.148. The van der Waals surface area contributed by atoms with Crippen molar-refractivity contribution in [2.24, 2.45) is 0 Å². The van der Waals surface area contributed by atoms with Gasteiger partial charge in [-0.3, -0.25) is 4.79 Å². The second-order valence-electron chi connectivity index (χ2n) is 8.86. The van der Waals surface area contributed by atoms with Crippen LogP contribution in [0, 0.1) is 0 Å². The number of β-amino-alcohol motifs (C(OH)–C–C–N with tert-alkyl or cyclic N) is 1. The van der Waals surface area contributed by atoms with Crippen LogP contribution in [0.25, 0.3) is 0 Å². The fraction of sp³-hybridized carbons (Fsp3) is 0.522. The Kier molecular flexibility index (Phi) is 8.66. The molecule has 2 aliphatic rings. The SMILES string of the molecule is C[C@@H](Nc1nc(N2CC[C@H](NC(=O)[C@H]3CCCN3)[C@H](O)C2)ncc1OC(F)F)c1ccc(Cl)cc1Cl. The molecule has 13 heteroatoms. The first-order valence-corrected chi connectivity index (χ1v) is 12.5. The molecule has 1 aromatic heterocycles. The summed E-state index contributed by atoms with van der Waals surface area (Å²) in [5.41, 5.74) is 0.688. The molecule has 2 saturated heterocycles. The van der Waals surface area contributed by atoms with Crippen molar-refractivity contribution in [3.63, 3.8) is 0 Å². The van der Waals surface area contributed by atoms with Gasteiger partial charge in [0.1, 0.15) is 0 Å². The van der Waals surface area contributed by atoms with E-state index in [0.29, 0.717) is 28.6 Å². The molecule has 0 bridgehead atoms. The molecule has 4 N–H and O–H groups in total. The van der Waals surface area contributed by atoms with Crippen molar-refractivity contribution in [1.29, 1.82) is 0 Å². The summed E-state index contributed by atoms with van der Waals surface area (Å²) in [4.78, 5) is 22.7. The minimum atomic E-state index is -3.06. The predicted molar refractivity (Wildman–Crippen MR) is 133 cm³/mol. The largest absolute Gasteiger partial charge is 0.429 e. The van der Waals surface area contributed by atoms with E-state index in [9.17, 15) is 18.7 Å². The smallest absolute Gasteiger partial charge is 0.387 e. The average Bonchev–Trinajstić information content (AvgIpc) is 3.36. The predicted octanol–water partition coefficient (Wildman–Crippen LogP) is 3.37. The Morgan fingerprint density at radius 1 is 1.33 bits per heavy atom. The number of carbonyl (C=O) groups is 1. The average molecular weight is 545 g/mol. The Morgan fingerprint density at radius 3 is 2.81 bits per heavy atom. The molecule has 0 aliphatic carbocycles. The molecule has 196 valence electrons. The number of benzene rings is 1. The van der Waals surface area contributed by atoms with Crippen LogP contribution in [0.15, 0.2) is 24.4 Å². The van der Waals surface area contributed by atoms with Gasteiger partial charge in [0.25, 0.3) is 0 Å². The monoisotopic (exact) mass is 544 g/mol. The third-order valence-corrected chi connectivity index (χ3v) is 6.87. The molecular weight excluding hydrogens is 517 g/mol. The zero-order valence-electron chi connectivity index (χ0n) is 19.6. The zero-order chi connectivity index (χ0) is 25.8. The quantitative estimate of drug-likeness (QED) is 0.400. The van der Waals surface area contributed by atoms with Gasteiger partial charge < -0.3 is 30.7 Å². The Hall–Kier alpha value is -2.47. The maximum absolute atomic E-state index is 13.0. The van der Waals surface area contributed by atoms with Crippen LogP contribution in [0.3, 0.4) is 0 Å². The lowest BCUT2D eigenvalue weighted by Crippen LogP contribution is -2.56. The van der Waals surface area contributed by atoms with Gasteiger partial charge in [0.05, 0.1) is 30.4 Å². The normalized spacial score (nSPS) is 23.0. The number of amides is 1. The second kappa shape index (κ2) is 11.7. The van der Waals surface area contributed by atoms with Crippen molar-refractivity contribution in [1.82, 2.24) is 20.6 Å². The summed E-state index contributed by atoms with van der Waals surface area (Å²) in [5.74, 6) is -0.0561. The standard InChI is InChI=1S/C23H28Cl2F2N6O3/c1-12(14-5-4-13(24)9-15(14)25)30-20-19(36-22(26)27)10-29-23(32-20)33-8-6-16(18(34)11-33)31-21(35)17-3-2-7-28-17/h4-5,9-10,12,16-18,22,28,34H,2-3,6-8,11H2,1H3,(H,31,35)(H,29,30,32)/t12-,16+,17-,18-/m1/s1. The molecule has 36 heavy (non-hydrogen) atoms. The van der Waals surface area contributed by atoms with Crippen LogP contribution in [0.5, 0.6) is 5.75 Å². The number of halogens is 4. The van der Waals surface area contributed by atoms with Gasteiger partial charge in [-0.2, -0.15) is 13.8 Å². The van der Waals surface area contributed by atoms with Crippen molar-refractivity contribution in [2.45, 2.75) is 57.0 Å².